The molecule has 0 saturated carbocycles. The zero-order valence-electron chi connectivity index (χ0n) is 19.4. The molecule has 6 heteroatoms. The fourth-order valence-electron chi connectivity index (χ4n) is 4.01. The lowest BCUT2D eigenvalue weighted by Crippen LogP contribution is -2.31. The van der Waals surface area contributed by atoms with Gasteiger partial charge in [-0.1, -0.05) is 46.8 Å². The molecular formula is C25H36N2O4. The molecule has 1 aromatic carbocycles. The van der Waals surface area contributed by atoms with Crippen LogP contribution in [0.2, 0.25) is 0 Å². The number of nitrogens with one attached hydrogen (secondary N) is 1. The van der Waals surface area contributed by atoms with E-state index in [-0.39, 0.29) is 40.4 Å². The molecule has 0 saturated heterocycles. The number of benzene rings is 1. The number of hydrogen-bond donors (Lipinski definition) is 3. The van der Waals surface area contributed by atoms with E-state index in [1.807, 2.05) is 13.8 Å². The summed E-state index contributed by atoms with van der Waals surface area (Å²) in [5.41, 5.74) is 3.52. The van der Waals surface area contributed by atoms with E-state index in [0.29, 0.717) is 25.3 Å². The predicted molar refractivity (Wildman–Crippen MR) is 123 cm³/mol. The molecule has 3 rings (SSSR count). The molecule has 0 radical (unpaired) electrons. The van der Waals surface area contributed by atoms with E-state index >= 15 is 0 Å². The quantitative estimate of drug-likeness (QED) is 0.573. The highest BCUT2D eigenvalue weighted by molar-refractivity contribution is 5.98. The standard InChI is InChI=1S/C25H36N2O4/c1-16(2)20-11-21(23(29)12-22(20)28)24(30)27-13-17-6-7-19(10-18(17)14-27)31-9-8-26-15-25(3,4)5/h6-7,11-12,16,19,26,28-29H,8-10,13-15H2,1-5H3. The Hall–Kier alpha value is -2.31. The lowest BCUT2D eigenvalue weighted by Gasteiger charge is -2.21. The summed E-state index contributed by atoms with van der Waals surface area (Å²) in [4.78, 5) is 14.8. The first-order valence-electron chi connectivity index (χ1n) is 11.1. The van der Waals surface area contributed by atoms with Crippen molar-refractivity contribution in [3.8, 4) is 11.5 Å². The van der Waals surface area contributed by atoms with Gasteiger partial charge in [0.25, 0.3) is 5.91 Å². The first-order chi connectivity index (χ1) is 14.5. The number of hydrogen-bond acceptors (Lipinski definition) is 5. The maximum atomic E-state index is 13.1. The minimum absolute atomic E-state index is 0.0165. The molecular weight excluding hydrogens is 392 g/mol. The Morgan fingerprint density at radius 3 is 2.65 bits per heavy atom. The first-order valence-corrected chi connectivity index (χ1v) is 11.1. The number of amides is 1. The van der Waals surface area contributed by atoms with E-state index in [4.69, 9.17) is 4.74 Å². The lowest BCUT2D eigenvalue weighted by molar-refractivity contribution is 0.0775. The van der Waals surface area contributed by atoms with E-state index in [2.05, 4.69) is 38.2 Å². The predicted octanol–water partition coefficient (Wildman–Crippen LogP) is 3.95. The first kappa shape index (κ1) is 23.4. The van der Waals surface area contributed by atoms with Gasteiger partial charge in [-0.25, -0.2) is 0 Å². The van der Waals surface area contributed by atoms with Crippen molar-refractivity contribution in [1.82, 2.24) is 10.2 Å². The van der Waals surface area contributed by atoms with Gasteiger partial charge < -0.3 is 25.2 Å². The fraction of sp³-hybridized carbons (Fsp3) is 0.560. The minimum atomic E-state index is -0.217. The van der Waals surface area contributed by atoms with Gasteiger partial charge in [0.05, 0.1) is 18.3 Å². The molecule has 1 unspecified atom stereocenters. The van der Waals surface area contributed by atoms with Crippen molar-refractivity contribution < 1.29 is 19.7 Å². The Kier molecular flexibility index (Phi) is 7.12. The highest BCUT2D eigenvalue weighted by Crippen LogP contribution is 2.35. The van der Waals surface area contributed by atoms with Crippen molar-refractivity contribution in [2.75, 3.05) is 32.8 Å². The molecule has 1 atom stereocenters. The van der Waals surface area contributed by atoms with Crippen LogP contribution < -0.4 is 5.32 Å². The largest absolute Gasteiger partial charge is 0.508 e. The van der Waals surface area contributed by atoms with Crippen LogP contribution in [0.1, 0.15) is 62.9 Å². The molecule has 0 bridgehead atoms. The third kappa shape index (κ3) is 5.89. The second-order valence-corrected chi connectivity index (χ2v) is 10.1. The number of carbonyl (C=O) groups is 1. The topological polar surface area (TPSA) is 82.0 Å². The van der Waals surface area contributed by atoms with Crippen molar-refractivity contribution in [1.29, 1.82) is 0 Å². The van der Waals surface area contributed by atoms with Crippen molar-refractivity contribution in [3.63, 3.8) is 0 Å². The van der Waals surface area contributed by atoms with Crippen LogP contribution in [0.25, 0.3) is 0 Å². The van der Waals surface area contributed by atoms with Crippen molar-refractivity contribution in [2.24, 2.45) is 5.41 Å². The molecule has 0 aromatic heterocycles. The van der Waals surface area contributed by atoms with E-state index in [9.17, 15) is 15.0 Å². The number of phenols is 2. The molecule has 2 aliphatic rings. The second-order valence-electron chi connectivity index (χ2n) is 10.1. The number of ether oxygens (including phenoxy) is 1. The van der Waals surface area contributed by atoms with Crippen LogP contribution in [0.4, 0.5) is 0 Å². The molecule has 6 nitrogen and oxygen atoms in total. The number of aromatic hydroxyl groups is 2. The Morgan fingerprint density at radius 2 is 1.97 bits per heavy atom. The summed E-state index contributed by atoms with van der Waals surface area (Å²) in [6.45, 7) is 14.0. The maximum Gasteiger partial charge on any atom is 0.258 e. The molecule has 1 aliphatic heterocycles. The molecule has 1 amide bonds. The van der Waals surface area contributed by atoms with Gasteiger partial charge in [0.15, 0.2) is 0 Å². The smallest absolute Gasteiger partial charge is 0.258 e. The summed E-state index contributed by atoms with van der Waals surface area (Å²) in [7, 11) is 0. The van der Waals surface area contributed by atoms with Gasteiger partial charge in [0.1, 0.15) is 11.5 Å². The van der Waals surface area contributed by atoms with Gasteiger partial charge in [-0.15, -0.1) is 0 Å². The summed E-state index contributed by atoms with van der Waals surface area (Å²) in [5, 5.41) is 23.7. The normalized spacial score (nSPS) is 18.8. The van der Waals surface area contributed by atoms with Gasteiger partial charge in [-0.3, -0.25) is 4.79 Å². The van der Waals surface area contributed by atoms with Gasteiger partial charge in [0, 0.05) is 38.7 Å². The Labute approximate surface area is 185 Å². The summed E-state index contributed by atoms with van der Waals surface area (Å²) >= 11 is 0. The van der Waals surface area contributed by atoms with Crippen LogP contribution >= 0.6 is 0 Å². The maximum absolute atomic E-state index is 13.1. The molecule has 170 valence electrons. The van der Waals surface area contributed by atoms with Crippen LogP contribution in [-0.4, -0.2) is 59.9 Å². The van der Waals surface area contributed by atoms with E-state index in [1.165, 1.54) is 11.6 Å². The van der Waals surface area contributed by atoms with Crippen molar-refractivity contribution in [3.05, 3.63) is 46.6 Å². The Balaban J connectivity index is 1.55. The number of rotatable bonds is 7. The lowest BCUT2D eigenvalue weighted by atomic mass is 9.97. The van der Waals surface area contributed by atoms with Crippen LogP contribution in [0.3, 0.4) is 0 Å². The third-order valence-corrected chi connectivity index (χ3v) is 5.71. The van der Waals surface area contributed by atoms with Gasteiger partial charge in [-0.05, 0) is 34.1 Å². The summed E-state index contributed by atoms with van der Waals surface area (Å²) in [5.74, 6) is -0.332. The molecule has 0 fully saturated rings. The van der Waals surface area contributed by atoms with Gasteiger partial charge in [0.2, 0.25) is 0 Å². The average molecular weight is 429 g/mol. The van der Waals surface area contributed by atoms with Crippen LogP contribution in [0.5, 0.6) is 11.5 Å². The number of carbonyl (C=O) groups excluding carboxylic acids is 1. The SMILES string of the molecule is CC(C)c1cc(C(=O)N2CC3=C(CC(OCCNCC(C)(C)C)C=C3)C2)c(O)cc1O. The monoisotopic (exact) mass is 428 g/mol. The molecule has 1 aliphatic carbocycles. The zero-order chi connectivity index (χ0) is 22.8. The molecule has 0 spiro atoms. The van der Waals surface area contributed by atoms with Crippen molar-refractivity contribution in [2.45, 2.75) is 53.1 Å². The third-order valence-electron chi connectivity index (χ3n) is 5.71. The Morgan fingerprint density at radius 1 is 1.23 bits per heavy atom. The number of nitrogens with zero attached hydrogens (tertiary/aromatic N) is 1. The van der Waals surface area contributed by atoms with Crippen LogP contribution in [0, 0.1) is 5.41 Å². The number of phenolic OH excluding ortho intramolecular Hbond substituents is 2. The highest BCUT2D eigenvalue weighted by Gasteiger charge is 2.30. The van der Waals surface area contributed by atoms with Crippen LogP contribution in [0.15, 0.2) is 35.4 Å². The van der Waals surface area contributed by atoms with Gasteiger partial charge >= 0.3 is 0 Å². The average Bonchev–Trinajstić information content (AvgIpc) is 3.09. The molecule has 1 aromatic rings. The minimum Gasteiger partial charge on any atom is -0.508 e. The van der Waals surface area contributed by atoms with Crippen molar-refractivity contribution >= 4 is 5.91 Å². The summed E-state index contributed by atoms with van der Waals surface area (Å²) in [6, 6.07) is 2.88. The van der Waals surface area contributed by atoms with E-state index < -0.39 is 0 Å². The zero-order valence-corrected chi connectivity index (χ0v) is 19.4. The van der Waals surface area contributed by atoms with Crippen LogP contribution in [-0.2, 0) is 4.74 Å². The summed E-state index contributed by atoms with van der Waals surface area (Å²) < 4.78 is 6.01. The van der Waals surface area contributed by atoms with Gasteiger partial charge in [-0.2, -0.15) is 0 Å². The molecule has 31 heavy (non-hydrogen) atoms. The van der Waals surface area contributed by atoms with E-state index in [0.717, 1.165) is 25.1 Å². The Bertz CT molecular complexity index is 880. The molecule has 3 N–H and O–H groups in total. The second kappa shape index (κ2) is 9.45. The summed E-state index contributed by atoms with van der Waals surface area (Å²) in [6.07, 6.45) is 4.95. The highest BCUT2D eigenvalue weighted by atomic mass is 16.5. The fourth-order valence-corrected chi connectivity index (χ4v) is 4.01. The van der Waals surface area contributed by atoms with E-state index in [1.54, 1.807) is 11.0 Å². The molecule has 1 heterocycles.